The Morgan fingerprint density at radius 2 is 1.80 bits per heavy atom. The summed E-state index contributed by atoms with van der Waals surface area (Å²) in [7, 11) is 4.36. The quantitative estimate of drug-likeness (QED) is 0.691. The molecule has 1 aliphatic rings. The van der Waals surface area contributed by atoms with E-state index in [0.29, 0.717) is 6.61 Å². The van der Waals surface area contributed by atoms with Crippen molar-refractivity contribution < 1.29 is 13.9 Å². The molecule has 25 heavy (non-hydrogen) atoms. The predicted molar refractivity (Wildman–Crippen MR) is 106 cm³/mol. The van der Waals surface area contributed by atoms with E-state index in [2.05, 4.69) is 59.8 Å². The highest BCUT2D eigenvalue weighted by Crippen LogP contribution is 2.43. The van der Waals surface area contributed by atoms with Crippen molar-refractivity contribution in [1.29, 1.82) is 0 Å². The van der Waals surface area contributed by atoms with Gasteiger partial charge >= 0.3 is 0 Å². The number of hydrogen-bond donors (Lipinski definition) is 0. The molecule has 4 atom stereocenters. The lowest BCUT2D eigenvalue weighted by Gasteiger charge is -2.41. The van der Waals surface area contributed by atoms with E-state index >= 15 is 0 Å². The van der Waals surface area contributed by atoms with Crippen LogP contribution in [0.4, 0.5) is 0 Å². The summed E-state index contributed by atoms with van der Waals surface area (Å²) in [4.78, 5) is 0. The molecule has 0 aromatic heterocycles. The van der Waals surface area contributed by atoms with E-state index in [9.17, 15) is 0 Å². The molecule has 138 valence electrons. The Balaban J connectivity index is 2.20. The summed E-state index contributed by atoms with van der Waals surface area (Å²) in [5.74, 6) is 0. The molecule has 1 aromatic carbocycles. The van der Waals surface area contributed by atoms with E-state index in [0.717, 1.165) is 12.0 Å². The van der Waals surface area contributed by atoms with E-state index in [1.54, 1.807) is 0 Å². The van der Waals surface area contributed by atoms with Gasteiger partial charge in [0.25, 0.3) is 0 Å². The average Bonchev–Trinajstić information content (AvgIpc) is 2.76. The van der Waals surface area contributed by atoms with Crippen molar-refractivity contribution in [3.05, 3.63) is 35.9 Å². The third-order valence-corrected chi connectivity index (χ3v) is 10.3. The molecule has 2 rings (SSSR count). The lowest BCUT2D eigenvalue weighted by atomic mass is 9.89. The Hall–Kier alpha value is -0.618. The summed E-state index contributed by atoms with van der Waals surface area (Å²) in [5.41, 5.74) is 0.716. The molecule has 0 saturated carbocycles. The first-order valence-corrected chi connectivity index (χ1v) is 12.2. The third-order valence-electron chi connectivity index (χ3n) is 5.84. The molecular formula is C20H33BO3Si. The first kappa shape index (κ1) is 20.7. The summed E-state index contributed by atoms with van der Waals surface area (Å²) in [6.07, 6.45) is 0.411. The third kappa shape index (κ3) is 4.57. The second-order valence-electron chi connectivity index (χ2n) is 8.81. The maximum atomic E-state index is 6.64. The van der Waals surface area contributed by atoms with Gasteiger partial charge in [-0.1, -0.05) is 58.0 Å². The Morgan fingerprint density at radius 3 is 2.32 bits per heavy atom. The molecule has 1 fully saturated rings. The molecule has 5 heteroatoms. The van der Waals surface area contributed by atoms with Crippen LogP contribution >= 0.6 is 0 Å². The number of ether oxygens (including phenoxy) is 2. The molecule has 0 spiro atoms. The maximum absolute atomic E-state index is 6.64. The second kappa shape index (κ2) is 7.55. The summed E-state index contributed by atoms with van der Waals surface area (Å²) in [6.45, 7) is 15.9. The van der Waals surface area contributed by atoms with E-state index in [1.165, 1.54) is 0 Å². The monoisotopic (exact) mass is 360 g/mol. The Kier molecular flexibility index (Phi) is 6.25. The van der Waals surface area contributed by atoms with Crippen LogP contribution in [-0.4, -0.2) is 40.0 Å². The van der Waals surface area contributed by atoms with Crippen LogP contribution in [0.15, 0.2) is 30.3 Å². The summed E-state index contributed by atoms with van der Waals surface area (Å²) in [6, 6.07) is 9.75. The van der Waals surface area contributed by atoms with Gasteiger partial charge < -0.3 is 13.9 Å². The van der Waals surface area contributed by atoms with Crippen molar-refractivity contribution in [1.82, 2.24) is 0 Å². The Bertz CT molecular complexity index is 558. The fraction of sp³-hybridized carbons (Fsp3) is 0.700. The van der Waals surface area contributed by atoms with Crippen LogP contribution in [0.25, 0.3) is 0 Å². The first-order chi connectivity index (χ1) is 11.5. The molecule has 0 N–H and O–H groups in total. The lowest BCUT2D eigenvalue weighted by molar-refractivity contribution is -0.0964. The highest BCUT2D eigenvalue weighted by molar-refractivity contribution is 6.74. The van der Waals surface area contributed by atoms with Crippen LogP contribution in [-0.2, 0) is 20.5 Å². The summed E-state index contributed by atoms with van der Waals surface area (Å²) in [5, 5.41) is 0.113. The first-order valence-electron chi connectivity index (χ1n) is 9.27. The second-order valence-corrected chi connectivity index (χ2v) is 13.6. The zero-order valence-corrected chi connectivity index (χ0v) is 17.8. The van der Waals surface area contributed by atoms with Crippen molar-refractivity contribution in [2.45, 2.75) is 89.6 Å². The van der Waals surface area contributed by atoms with Crippen LogP contribution in [0, 0.1) is 0 Å². The largest absolute Gasteiger partial charge is 0.409 e. The van der Waals surface area contributed by atoms with Crippen molar-refractivity contribution in [3.8, 4) is 0 Å². The van der Waals surface area contributed by atoms with Crippen LogP contribution in [0.1, 0.15) is 46.6 Å². The Labute approximate surface area is 156 Å². The van der Waals surface area contributed by atoms with Gasteiger partial charge in [-0.05, 0) is 37.0 Å². The highest BCUT2D eigenvalue weighted by Gasteiger charge is 2.53. The van der Waals surface area contributed by atoms with Crippen LogP contribution < -0.4 is 0 Å². The summed E-state index contributed by atoms with van der Waals surface area (Å²) >= 11 is 0. The standard InChI is InChI=1S/C20H33BO3Si/c1-8-20(5)17(22-14-15-12-10-9-11-13-15)16(18(21)23-20)24-25(6,7)19(2,3)4/h9-13,16-18H,8,14H2,1-7H3/t16?,17-,18-,20-/m1/s1. The minimum Gasteiger partial charge on any atom is -0.409 e. The fourth-order valence-corrected chi connectivity index (χ4v) is 4.22. The van der Waals surface area contributed by atoms with Crippen molar-refractivity contribution in [3.63, 3.8) is 0 Å². The molecule has 1 heterocycles. The molecule has 1 aromatic rings. The normalized spacial score (nSPS) is 30.6. The zero-order valence-electron chi connectivity index (χ0n) is 16.8. The van der Waals surface area contributed by atoms with Gasteiger partial charge in [-0.3, -0.25) is 0 Å². The molecule has 1 unspecified atom stereocenters. The number of rotatable bonds is 6. The van der Waals surface area contributed by atoms with Gasteiger partial charge in [0.1, 0.15) is 14.0 Å². The molecular weight excluding hydrogens is 327 g/mol. The number of hydrogen-bond acceptors (Lipinski definition) is 3. The maximum Gasteiger partial charge on any atom is 0.192 e. The van der Waals surface area contributed by atoms with Crippen LogP contribution in [0.3, 0.4) is 0 Å². The molecule has 1 aliphatic heterocycles. The highest BCUT2D eigenvalue weighted by atomic mass is 28.4. The van der Waals surface area contributed by atoms with Gasteiger partial charge in [-0.15, -0.1) is 0 Å². The van der Waals surface area contributed by atoms with Gasteiger partial charge in [0.05, 0.1) is 18.3 Å². The smallest absolute Gasteiger partial charge is 0.192 e. The van der Waals surface area contributed by atoms with Gasteiger partial charge in [0.2, 0.25) is 0 Å². The molecule has 3 nitrogen and oxygen atoms in total. The minimum absolute atomic E-state index is 0.113. The summed E-state index contributed by atoms with van der Waals surface area (Å²) < 4.78 is 19.1. The van der Waals surface area contributed by atoms with Crippen molar-refractivity contribution in [2.75, 3.05) is 0 Å². The molecule has 0 amide bonds. The Morgan fingerprint density at radius 1 is 1.20 bits per heavy atom. The van der Waals surface area contributed by atoms with Gasteiger partial charge in [0.15, 0.2) is 8.32 Å². The molecule has 1 saturated heterocycles. The van der Waals surface area contributed by atoms with E-state index in [4.69, 9.17) is 21.7 Å². The molecule has 0 bridgehead atoms. The fourth-order valence-electron chi connectivity index (χ4n) is 2.93. The SMILES string of the molecule is [B][C@@H]1O[C@](C)(CC)[C@H](OCc2ccccc2)C1O[Si](C)(C)C(C)(C)C. The number of benzene rings is 1. The molecule has 2 radical (unpaired) electrons. The van der Waals surface area contributed by atoms with E-state index < -0.39 is 19.9 Å². The van der Waals surface area contributed by atoms with E-state index in [1.807, 2.05) is 18.2 Å². The van der Waals surface area contributed by atoms with Crippen LogP contribution in [0.5, 0.6) is 0 Å². The minimum atomic E-state index is -1.98. The topological polar surface area (TPSA) is 27.7 Å². The molecule has 0 aliphatic carbocycles. The van der Waals surface area contributed by atoms with Crippen molar-refractivity contribution in [2.24, 2.45) is 0 Å². The van der Waals surface area contributed by atoms with Crippen molar-refractivity contribution >= 4 is 16.2 Å². The average molecular weight is 360 g/mol. The zero-order chi connectivity index (χ0) is 18.9. The van der Waals surface area contributed by atoms with Gasteiger partial charge in [-0.2, -0.15) is 0 Å². The predicted octanol–water partition coefficient (Wildman–Crippen LogP) is 4.66. The van der Waals surface area contributed by atoms with E-state index in [-0.39, 0.29) is 17.2 Å². The lowest BCUT2D eigenvalue weighted by Crippen LogP contribution is -2.51. The van der Waals surface area contributed by atoms with Crippen LogP contribution in [0.2, 0.25) is 18.1 Å². The van der Waals surface area contributed by atoms with Gasteiger partial charge in [-0.25, -0.2) is 0 Å². The van der Waals surface area contributed by atoms with Gasteiger partial charge in [0, 0.05) is 6.00 Å².